The first-order valence-electron chi connectivity index (χ1n) is 22.3. The lowest BCUT2D eigenvalue weighted by Gasteiger charge is -2.33. The van der Waals surface area contributed by atoms with Crippen molar-refractivity contribution in [3.05, 3.63) is 63.2 Å². The van der Waals surface area contributed by atoms with Gasteiger partial charge in [0, 0.05) is 37.6 Å². The number of likely N-dealkylation sites (tertiary alicyclic amines) is 2. The van der Waals surface area contributed by atoms with E-state index in [1.54, 1.807) is 11.0 Å². The molecule has 3 atom stereocenters. The molecule has 3 aromatic rings. The Labute approximate surface area is 353 Å². The summed E-state index contributed by atoms with van der Waals surface area (Å²) >= 11 is 1.12. The smallest absolute Gasteiger partial charge is 0.247 e. The number of nitriles is 1. The van der Waals surface area contributed by atoms with Crippen LogP contribution in [0, 0.1) is 41.8 Å². The van der Waals surface area contributed by atoms with E-state index >= 15 is 4.39 Å². The molecule has 4 aliphatic rings. The first-order chi connectivity index (χ1) is 28.1. The number of ether oxygens (including phenoxy) is 1. The van der Waals surface area contributed by atoms with Crippen LogP contribution in [0.25, 0.3) is 21.2 Å². The summed E-state index contributed by atoms with van der Waals surface area (Å²) in [6.07, 6.45) is 12.1. The quantitative estimate of drug-likeness (QED) is 0.165. The number of fused-ring (bicyclic) bond motifs is 2. The number of carbonyl (C=O) groups excluding carboxylic acids is 1. The Balaban J connectivity index is 0.000000865. The van der Waals surface area contributed by atoms with Crippen molar-refractivity contribution in [2.24, 2.45) is 22.7 Å². The molecule has 3 aliphatic heterocycles. The number of nitrogen functional groups attached to an aromatic ring is 1. The maximum atomic E-state index is 15.2. The number of amides is 1. The average Bonchev–Trinajstić information content (AvgIpc) is 3.94. The Morgan fingerprint density at radius 1 is 1.07 bits per heavy atom. The van der Waals surface area contributed by atoms with Crippen molar-refractivity contribution in [1.82, 2.24) is 15.1 Å². The molecule has 3 fully saturated rings. The molecule has 8 nitrogen and oxygen atoms in total. The highest BCUT2D eigenvalue weighted by Crippen LogP contribution is 2.47. The number of benzene rings is 2. The Morgan fingerprint density at radius 2 is 1.76 bits per heavy atom. The molecule has 3 N–H and O–H groups in total. The molecule has 2 aromatic carbocycles. The SMILES string of the molecule is CC.CC.CC/C=C(/NC(=NC1CCCN(C)C1=O)c1c(C)c(CC)c(-c2ccc(F)c3sc(N)c(C#N)c23)c2c1COC2)N1CC(C)C(C2CCC2)C1.CCCC. The van der Waals surface area contributed by atoms with Gasteiger partial charge in [-0.05, 0) is 95.9 Å². The zero-order valence-electron chi connectivity index (χ0n) is 37.4. The number of likely N-dealkylation sites (N-methyl/N-ethyl adjacent to an activating group) is 1. The van der Waals surface area contributed by atoms with Gasteiger partial charge in [0.15, 0.2) is 0 Å². The summed E-state index contributed by atoms with van der Waals surface area (Å²) in [6, 6.07) is 5.04. The normalized spacial score (nSPS) is 20.6. The molecule has 0 bridgehead atoms. The van der Waals surface area contributed by atoms with Gasteiger partial charge in [0.25, 0.3) is 0 Å². The van der Waals surface area contributed by atoms with Gasteiger partial charge in [-0.25, -0.2) is 4.39 Å². The van der Waals surface area contributed by atoms with Crippen LogP contribution >= 0.6 is 11.3 Å². The number of carbonyl (C=O) groups is 1. The third-order valence-electron chi connectivity index (χ3n) is 12.2. The van der Waals surface area contributed by atoms with Gasteiger partial charge in [-0.2, -0.15) is 5.26 Å². The molecule has 0 spiro atoms. The van der Waals surface area contributed by atoms with Crippen molar-refractivity contribution in [2.45, 2.75) is 146 Å². The Morgan fingerprint density at radius 3 is 2.36 bits per heavy atom. The van der Waals surface area contributed by atoms with Crippen LogP contribution in [0.1, 0.15) is 147 Å². The van der Waals surface area contributed by atoms with Gasteiger partial charge in [0.2, 0.25) is 5.91 Å². The standard InChI is InChI=1S/C40H49FN6O2S.C4H10.2C2H6/c1-6-10-33(47-18-22(3)28(19-47)24-11-8-12-24)45-39(44-32-13-9-16-46(5)40(32)48)34-23(4)25(7-2)35(30-21-49-20-29(30)34)26-14-15-31(41)37-36(26)27(17-42)38(43)50-37;1-3-4-2;2*1-2/h10,14-15,22,24,28,32H,6-9,11-13,16,18-21,43H2,1-5H3,(H,44,45);3-4H2,1-2H3;2*1-2H3/b33-10-;;;. The van der Waals surface area contributed by atoms with Gasteiger partial charge in [0.05, 0.1) is 23.5 Å². The minimum atomic E-state index is -0.481. The first-order valence-corrected chi connectivity index (χ1v) is 23.1. The van der Waals surface area contributed by atoms with E-state index in [4.69, 9.17) is 15.5 Å². The second kappa shape index (κ2) is 21.9. The fourth-order valence-corrected chi connectivity index (χ4v) is 9.86. The van der Waals surface area contributed by atoms with Crippen LogP contribution in [0.15, 0.2) is 29.0 Å². The summed E-state index contributed by atoms with van der Waals surface area (Å²) in [5.41, 5.74) is 13.5. The molecule has 2 saturated heterocycles. The predicted octanol–water partition coefficient (Wildman–Crippen LogP) is 11.5. The van der Waals surface area contributed by atoms with Crippen molar-refractivity contribution in [1.29, 1.82) is 5.26 Å². The average molecular weight is 815 g/mol. The monoisotopic (exact) mass is 815 g/mol. The number of aliphatic imine (C=N–C) groups is 1. The van der Waals surface area contributed by atoms with Gasteiger partial charge >= 0.3 is 0 Å². The van der Waals surface area contributed by atoms with E-state index in [1.165, 1.54) is 38.2 Å². The fourth-order valence-electron chi connectivity index (χ4n) is 8.91. The maximum absolute atomic E-state index is 15.2. The van der Waals surface area contributed by atoms with Crippen molar-refractivity contribution in [2.75, 3.05) is 32.4 Å². The van der Waals surface area contributed by atoms with E-state index in [0.29, 0.717) is 64.4 Å². The number of thiophene rings is 1. The van der Waals surface area contributed by atoms with Crippen LogP contribution in [-0.4, -0.2) is 54.3 Å². The zero-order valence-corrected chi connectivity index (χ0v) is 38.2. The summed E-state index contributed by atoms with van der Waals surface area (Å²) in [5, 5.41) is 14.9. The highest BCUT2D eigenvalue weighted by atomic mass is 32.1. The number of anilines is 1. The lowest BCUT2D eigenvalue weighted by atomic mass is 9.72. The van der Waals surface area contributed by atoms with Crippen LogP contribution in [0.4, 0.5) is 9.39 Å². The summed E-state index contributed by atoms with van der Waals surface area (Å²) < 4.78 is 21.8. The third-order valence-corrected chi connectivity index (χ3v) is 13.2. The zero-order chi connectivity index (χ0) is 42.7. The number of nitrogens with two attached hydrogens (primary N) is 1. The van der Waals surface area contributed by atoms with Gasteiger partial charge in [-0.3, -0.25) is 9.79 Å². The molecule has 3 unspecified atom stereocenters. The number of nitrogens with one attached hydrogen (secondary N) is 1. The number of amidine groups is 1. The van der Waals surface area contributed by atoms with E-state index in [0.717, 1.165) is 94.5 Å². The number of rotatable bonds is 9. The molecule has 1 amide bonds. The minimum Gasteiger partial charge on any atom is -0.389 e. The number of hydrogen-bond acceptors (Lipinski definition) is 7. The van der Waals surface area contributed by atoms with E-state index < -0.39 is 6.04 Å². The number of allylic oxidation sites excluding steroid dienone is 1. The molecule has 318 valence electrons. The van der Waals surface area contributed by atoms with Crippen molar-refractivity contribution < 1.29 is 13.9 Å². The van der Waals surface area contributed by atoms with Gasteiger partial charge < -0.3 is 25.6 Å². The van der Waals surface area contributed by atoms with Crippen LogP contribution < -0.4 is 11.1 Å². The van der Waals surface area contributed by atoms with Crippen molar-refractivity contribution in [3.8, 4) is 17.2 Å². The lowest BCUT2D eigenvalue weighted by molar-refractivity contribution is -0.133. The molecule has 1 aromatic heterocycles. The Hall–Kier alpha value is -3.94. The Bertz CT molecular complexity index is 1970. The summed E-state index contributed by atoms with van der Waals surface area (Å²) in [5.74, 6) is 3.52. The van der Waals surface area contributed by atoms with Crippen molar-refractivity contribution in [3.63, 3.8) is 0 Å². The first kappa shape index (κ1) is 46.7. The van der Waals surface area contributed by atoms with Crippen LogP contribution in [0.5, 0.6) is 0 Å². The molecule has 7 rings (SSSR count). The Kier molecular flexibility index (Phi) is 17.6. The third kappa shape index (κ3) is 9.57. The molecule has 58 heavy (non-hydrogen) atoms. The summed E-state index contributed by atoms with van der Waals surface area (Å²) in [4.78, 5) is 23.2. The van der Waals surface area contributed by atoms with Gasteiger partial charge in [-0.15, -0.1) is 11.3 Å². The highest BCUT2D eigenvalue weighted by Gasteiger charge is 2.39. The number of unbranched alkanes of at least 4 members (excludes halogenated alkanes) is 1. The second-order valence-electron chi connectivity index (χ2n) is 15.7. The summed E-state index contributed by atoms with van der Waals surface area (Å²) in [7, 11) is 1.86. The van der Waals surface area contributed by atoms with E-state index in [9.17, 15) is 10.1 Å². The van der Waals surface area contributed by atoms with Gasteiger partial charge in [0.1, 0.15) is 34.6 Å². The molecule has 4 heterocycles. The molecular weight excluding hydrogens is 744 g/mol. The number of halogens is 1. The predicted molar refractivity (Wildman–Crippen MR) is 243 cm³/mol. The van der Waals surface area contributed by atoms with Crippen LogP contribution in [0.3, 0.4) is 0 Å². The number of hydrogen-bond donors (Lipinski definition) is 2. The number of piperidine rings is 1. The minimum absolute atomic E-state index is 0.0436. The largest absolute Gasteiger partial charge is 0.389 e. The molecule has 10 heteroatoms. The summed E-state index contributed by atoms with van der Waals surface area (Å²) in [6.45, 7) is 24.7. The molecule has 1 aliphatic carbocycles. The highest BCUT2D eigenvalue weighted by molar-refractivity contribution is 7.23. The maximum Gasteiger partial charge on any atom is 0.247 e. The molecular formula is C48H71FN6O2S. The molecule has 0 radical (unpaired) electrons. The lowest BCUT2D eigenvalue weighted by Crippen LogP contribution is -2.43. The fraction of sp³-hybridized carbons (Fsp3) is 0.604. The van der Waals surface area contributed by atoms with E-state index in [1.807, 2.05) is 34.7 Å². The van der Waals surface area contributed by atoms with Crippen LogP contribution in [0.2, 0.25) is 0 Å². The second-order valence-corrected chi connectivity index (χ2v) is 16.7. The van der Waals surface area contributed by atoms with Crippen molar-refractivity contribution >= 4 is 38.2 Å². The van der Waals surface area contributed by atoms with E-state index in [2.05, 4.69) is 63.9 Å². The topological polar surface area (TPSA) is 107 Å². The van der Waals surface area contributed by atoms with Crippen LogP contribution in [-0.2, 0) is 29.2 Å². The van der Waals surface area contributed by atoms with Gasteiger partial charge in [-0.1, -0.05) is 100 Å². The molecule has 1 saturated carbocycles. The van der Waals surface area contributed by atoms with E-state index in [-0.39, 0.29) is 11.7 Å². The number of nitrogens with zero attached hydrogens (tertiary/aromatic N) is 4.